The number of hydrogen-bond donors (Lipinski definition) is 2. The summed E-state index contributed by atoms with van der Waals surface area (Å²) in [5.41, 5.74) is 6.29. The fourth-order valence-electron chi connectivity index (χ4n) is 1.87. The molecular weight excluding hydrogens is 258 g/mol. The number of ketones is 1. The van der Waals surface area contributed by atoms with Crippen molar-refractivity contribution in [3.8, 4) is 5.75 Å². The number of nitrogens with two attached hydrogens (primary N) is 1. The van der Waals surface area contributed by atoms with Crippen molar-refractivity contribution in [2.24, 2.45) is 0 Å². The van der Waals surface area contributed by atoms with E-state index in [0.717, 1.165) is 0 Å². The number of hydrogen-bond acceptors (Lipinski definition) is 4. The molecule has 3 N–H and O–H groups in total. The van der Waals surface area contributed by atoms with Crippen molar-refractivity contribution in [1.82, 2.24) is 0 Å². The Morgan fingerprint density at radius 1 is 1.05 bits per heavy atom. The number of para-hydroxylation sites is 1. The third-order valence-electron chi connectivity index (χ3n) is 2.91. The SMILES string of the molecule is COc1ccc(C(=O)O)c(C(=O)c2ccccc2N)c1. The van der Waals surface area contributed by atoms with Crippen LogP contribution in [0.5, 0.6) is 5.75 Å². The average Bonchev–Trinajstić information content (AvgIpc) is 2.46. The van der Waals surface area contributed by atoms with E-state index in [1.807, 2.05) is 0 Å². The van der Waals surface area contributed by atoms with Gasteiger partial charge in [-0.2, -0.15) is 0 Å². The molecule has 0 aliphatic rings. The van der Waals surface area contributed by atoms with Gasteiger partial charge in [-0.25, -0.2) is 4.79 Å². The number of aromatic carboxylic acids is 1. The van der Waals surface area contributed by atoms with Crippen LogP contribution in [0.25, 0.3) is 0 Å². The molecule has 5 nitrogen and oxygen atoms in total. The fourth-order valence-corrected chi connectivity index (χ4v) is 1.87. The van der Waals surface area contributed by atoms with Gasteiger partial charge in [-0.1, -0.05) is 12.1 Å². The monoisotopic (exact) mass is 271 g/mol. The standard InChI is InChI=1S/C15H13NO4/c1-20-9-6-7-10(15(18)19)12(8-9)14(17)11-4-2-3-5-13(11)16/h2-8H,16H2,1H3,(H,18,19). The first-order chi connectivity index (χ1) is 9.54. The van der Waals surface area contributed by atoms with Gasteiger partial charge in [0.15, 0.2) is 5.78 Å². The summed E-state index contributed by atoms with van der Waals surface area (Å²) in [7, 11) is 1.45. The van der Waals surface area contributed by atoms with Crippen LogP contribution >= 0.6 is 0 Å². The van der Waals surface area contributed by atoms with Crippen LogP contribution in [-0.2, 0) is 0 Å². The number of carboxylic acids is 1. The highest BCUT2D eigenvalue weighted by atomic mass is 16.5. The van der Waals surface area contributed by atoms with Gasteiger partial charge < -0.3 is 15.6 Å². The lowest BCUT2D eigenvalue weighted by molar-refractivity contribution is 0.0692. The lowest BCUT2D eigenvalue weighted by Crippen LogP contribution is -2.11. The van der Waals surface area contributed by atoms with Crippen molar-refractivity contribution in [2.75, 3.05) is 12.8 Å². The van der Waals surface area contributed by atoms with Crippen LogP contribution in [-0.4, -0.2) is 24.0 Å². The molecule has 0 spiro atoms. The number of rotatable bonds is 4. The maximum atomic E-state index is 12.5. The van der Waals surface area contributed by atoms with E-state index in [1.54, 1.807) is 24.3 Å². The van der Waals surface area contributed by atoms with Crippen LogP contribution in [0.3, 0.4) is 0 Å². The summed E-state index contributed by atoms with van der Waals surface area (Å²) >= 11 is 0. The van der Waals surface area contributed by atoms with Crippen LogP contribution < -0.4 is 10.5 Å². The minimum atomic E-state index is -1.18. The number of nitrogen functional groups attached to an aromatic ring is 1. The number of carboxylic acid groups (broad SMARTS) is 1. The lowest BCUT2D eigenvalue weighted by Gasteiger charge is -2.09. The highest BCUT2D eigenvalue weighted by Crippen LogP contribution is 2.23. The summed E-state index contributed by atoms with van der Waals surface area (Å²) in [5.74, 6) is -1.21. The molecule has 0 unspecified atom stereocenters. The zero-order valence-electron chi connectivity index (χ0n) is 10.8. The molecular formula is C15H13NO4. The van der Waals surface area contributed by atoms with Gasteiger partial charge in [-0.05, 0) is 30.3 Å². The zero-order chi connectivity index (χ0) is 14.7. The maximum absolute atomic E-state index is 12.5. The van der Waals surface area contributed by atoms with Gasteiger partial charge in [0.2, 0.25) is 0 Å². The van der Waals surface area contributed by atoms with Crippen LogP contribution in [0.1, 0.15) is 26.3 Å². The second-order valence-corrected chi connectivity index (χ2v) is 4.13. The molecule has 102 valence electrons. The van der Waals surface area contributed by atoms with E-state index < -0.39 is 11.8 Å². The third kappa shape index (κ3) is 2.47. The Labute approximate surface area is 115 Å². The Hall–Kier alpha value is -2.82. The second kappa shape index (κ2) is 5.44. The molecule has 0 amide bonds. The number of carbonyl (C=O) groups excluding carboxylic acids is 1. The van der Waals surface area contributed by atoms with Gasteiger partial charge in [0.1, 0.15) is 5.75 Å². The highest BCUT2D eigenvalue weighted by Gasteiger charge is 2.20. The molecule has 0 radical (unpaired) electrons. The van der Waals surface area contributed by atoms with E-state index in [1.165, 1.54) is 25.3 Å². The molecule has 0 aliphatic carbocycles. The second-order valence-electron chi connectivity index (χ2n) is 4.13. The first-order valence-corrected chi connectivity index (χ1v) is 5.85. The van der Waals surface area contributed by atoms with Crippen LogP contribution in [0, 0.1) is 0 Å². The summed E-state index contributed by atoms with van der Waals surface area (Å²) in [6, 6.07) is 10.8. The summed E-state index contributed by atoms with van der Waals surface area (Å²) in [6.07, 6.45) is 0. The maximum Gasteiger partial charge on any atom is 0.336 e. The molecule has 0 saturated carbocycles. The van der Waals surface area contributed by atoms with E-state index in [4.69, 9.17) is 10.5 Å². The lowest BCUT2D eigenvalue weighted by atomic mass is 9.97. The van der Waals surface area contributed by atoms with Crippen molar-refractivity contribution >= 4 is 17.4 Å². The minimum absolute atomic E-state index is 0.0507. The predicted octanol–water partition coefficient (Wildman–Crippen LogP) is 2.21. The summed E-state index contributed by atoms with van der Waals surface area (Å²) in [4.78, 5) is 23.7. The molecule has 2 aromatic rings. The third-order valence-corrected chi connectivity index (χ3v) is 2.91. The predicted molar refractivity (Wildman–Crippen MR) is 74.2 cm³/mol. The molecule has 0 saturated heterocycles. The van der Waals surface area contributed by atoms with Crippen molar-refractivity contribution in [3.05, 3.63) is 59.2 Å². The number of carbonyl (C=O) groups is 2. The summed E-state index contributed by atoms with van der Waals surface area (Å²) < 4.78 is 5.03. The number of anilines is 1. The Morgan fingerprint density at radius 2 is 1.75 bits per heavy atom. The fraction of sp³-hybridized carbons (Fsp3) is 0.0667. The first kappa shape index (κ1) is 13.6. The van der Waals surface area contributed by atoms with Gasteiger partial charge in [-0.3, -0.25) is 4.79 Å². The first-order valence-electron chi connectivity index (χ1n) is 5.85. The molecule has 20 heavy (non-hydrogen) atoms. The van der Waals surface area contributed by atoms with Crippen molar-refractivity contribution in [2.45, 2.75) is 0 Å². The Morgan fingerprint density at radius 3 is 2.35 bits per heavy atom. The quantitative estimate of drug-likeness (QED) is 0.657. The normalized spacial score (nSPS) is 10.1. The van der Waals surface area contributed by atoms with Crippen LogP contribution in [0.15, 0.2) is 42.5 Å². The largest absolute Gasteiger partial charge is 0.497 e. The van der Waals surface area contributed by atoms with E-state index in [-0.39, 0.29) is 16.7 Å². The molecule has 0 bridgehead atoms. The summed E-state index contributed by atoms with van der Waals surface area (Å²) in [6.45, 7) is 0. The van der Waals surface area contributed by atoms with E-state index in [0.29, 0.717) is 11.4 Å². The Balaban J connectivity index is 2.59. The Bertz CT molecular complexity index is 679. The van der Waals surface area contributed by atoms with Crippen molar-refractivity contribution in [3.63, 3.8) is 0 Å². The van der Waals surface area contributed by atoms with Crippen LogP contribution in [0.4, 0.5) is 5.69 Å². The highest BCUT2D eigenvalue weighted by molar-refractivity contribution is 6.16. The summed E-state index contributed by atoms with van der Waals surface area (Å²) in [5, 5.41) is 9.17. The van der Waals surface area contributed by atoms with Crippen LogP contribution in [0.2, 0.25) is 0 Å². The molecule has 2 rings (SSSR count). The molecule has 0 aromatic heterocycles. The number of methoxy groups -OCH3 is 1. The van der Waals surface area contributed by atoms with Gasteiger partial charge in [-0.15, -0.1) is 0 Å². The smallest absolute Gasteiger partial charge is 0.336 e. The van der Waals surface area contributed by atoms with Crippen molar-refractivity contribution in [1.29, 1.82) is 0 Å². The number of benzene rings is 2. The molecule has 0 heterocycles. The average molecular weight is 271 g/mol. The van der Waals surface area contributed by atoms with E-state index in [9.17, 15) is 14.7 Å². The molecule has 5 heteroatoms. The molecule has 0 aliphatic heterocycles. The van der Waals surface area contributed by atoms with Gasteiger partial charge >= 0.3 is 5.97 Å². The zero-order valence-corrected chi connectivity index (χ0v) is 10.8. The van der Waals surface area contributed by atoms with Gasteiger partial charge in [0.05, 0.1) is 12.7 Å². The minimum Gasteiger partial charge on any atom is -0.497 e. The molecule has 2 aromatic carbocycles. The molecule has 0 fully saturated rings. The Kier molecular flexibility index (Phi) is 3.70. The van der Waals surface area contributed by atoms with Crippen molar-refractivity contribution < 1.29 is 19.4 Å². The van der Waals surface area contributed by atoms with Gasteiger partial charge in [0, 0.05) is 16.8 Å². The molecule has 0 atom stereocenters. The topological polar surface area (TPSA) is 89.6 Å². The van der Waals surface area contributed by atoms with E-state index >= 15 is 0 Å². The van der Waals surface area contributed by atoms with E-state index in [2.05, 4.69) is 0 Å². The number of ether oxygens (including phenoxy) is 1. The van der Waals surface area contributed by atoms with Gasteiger partial charge in [0.25, 0.3) is 0 Å².